The quantitative estimate of drug-likeness (QED) is 0.912. The van der Waals surface area contributed by atoms with E-state index in [1.165, 1.54) is 12.0 Å². The molecule has 3 unspecified atom stereocenters. The Morgan fingerprint density at radius 2 is 2.15 bits per heavy atom. The molecule has 0 spiro atoms. The van der Waals surface area contributed by atoms with Crippen molar-refractivity contribution < 1.29 is 4.74 Å². The van der Waals surface area contributed by atoms with Crippen molar-refractivity contribution in [2.45, 2.75) is 26.3 Å². The molecular weight excluding hydrogens is 316 g/mol. The zero-order chi connectivity index (χ0) is 14.7. The maximum atomic E-state index is 6.05. The van der Waals surface area contributed by atoms with Gasteiger partial charge in [0.15, 0.2) is 0 Å². The van der Waals surface area contributed by atoms with Crippen LogP contribution >= 0.6 is 15.9 Å². The average molecular weight is 341 g/mol. The second-order valence-electron chi connectivity index (χ2n) is 5.88. The highest BCUT2D eigenvalue weighted by molar-refractivity contribution is 9.10. The Morgan fingerprint density at radius 3 is 2.70 bits per heavy atom. The molecule has 0 aromatic heterocycles. The van der Waals surface area contributed by atoms with Crippen molar-refractivity contribution in [1.82, 2.24) is 4.90 Å². The maximum Gasteiger partial charge on any atom is 0.133 e. The average Bonchev–Trinajstić information content (AvgIpc) is 2.44. The monoisotopic (exact) mass is 340 g/mol. The van der Waals surface area contributed by atoms with E-state index in [0.29, 0.717) is 12.6 Å². The fourth-order valence-electron chi connectivity index (χ4n) is 2.96. The Labute approximate surface area is 130 Å². The molecule has 0 bridgehead atoms. The zero-order valence-corrected chi connectivity index (χ0v) is 14.2. The Bertz CT molecular complexity index is 452. The molecule has 2 N–H and O–H groups in total. The van der Waals surface area contributed by atoms with Crippen LogP contribution in [-0.4, -0.2) is 31.6 Å². The summed E-state index contributed by atoms with van der Waals surface area (Å²) in [6.45, 7) is 7.61. The second kappa shape index (κ2) is 6.92. The summed E-state index contributed by atoms with van der Waals surface area (Å²) in [7, 11) is 1.69. The van der Waals surface area contributed by atoms with Gasteiger partial charge in [0, 0.05) is 19.1 Å². The van der Waals surface area contributed by atoms with E-state index < -0.39 is 0 Å². The zero-order valence-electron chi connectivity index (χ0n) is 12.6. The van der Waals surface area contributed by atoms with Crippen LogP contribution in [0.1, 0.15) is 31.9 Å². The molecule has 1 aromatic rings. The van der Waals surface area contributed by atoms with Gasteiger partial charge in [-0.15, -0.1) is 0 Å². The number of halogens is 1. The predicted octanol–water partition coefficient (Wildman–Crippen LogP) is 3.44. The largest absolute Gasteiger partial charge is 0.496 e. The van der Waals surface area contributed by atoms with E-state index >= 15 is 0 Å². The summed E-state index contributed by atoms with van der Waals surface area (Å²) in [4.78, 5) is 2.53. The number of hydrogen-bond donors (Lipinski definition) is 1. The maximum absolute atomic E-state index is 6.05. The number of methoxy groups -OCH3 is 1. The molecule has 0 aliphatic carbocycles. The Kier molecular flexibility index (Phi) is 5.47. The SMILES string of the molecule is COc1ccc(C(CN)N2CCC(C)C(C)C2)cc1Br. The first-order valence-corrected chi connectivity index (χ1v) is 8.13. The molecule has 1 aliphatic rings. The fourth-order valence-corrected chi connectivity index (χ4v) is 3.52. The number of likely N-dealkylation sites (tertiary alicyclic amines) is 1. The van der Waals surface area contributed by atoms with Crippen molar-refractivity contribution in [3.63, 3.8) is 0 Å². The van der Waals surface area contributed by atoms with E-state index in [0.717, 1.165) is 35.1 Å². The lowest BCUT2D eigenvalue weighted by atomic mass is 9.87. The number of benzene rings is 1. The van der Waals surface area contributed by atoms with E-state index in [-0.39, 0.29) is 0 Å². The third-order valence-corrected chi connectivity index (χ3v) is 5.21. The Morgan fingerprint density at radius 1 is 1.40 bits per heavy atom. The van der Waals surface area contributed by atoms with Gasteiger partial charge in [0.05, 0.1) is 11.6 Å². The standard InChI is InChI=1S/C16H25BrN2O/c1-11-6-7-19(10-12(11)2)15(9-18)13-4-5-16(20-3)14(17)8-13/h4-5,8,11-12,15H,6-7,9-10,18H2,1-3H3. The number of hydrogen-bond acceptors (Lipinski definition) is 3. The van der Waals surface area contributed by atoms with Gasteiger partial charge in [-0.1, -0.05) is 19.9 Å². The van der Waals surface area contributed by atoms with Crippen LogP contribution in [0.3, 0.4) is 0 Å². The normalized spacial score (nSPS) is 25.4. The molecule has 4 heteroatoms. The lowest BCUT2D eigenvalue weighted by molar-refractivity contribution is 0.0982. The number of ether oxygens (including phenoxy) is 1. The number of rotatable bonds is 4. The van der Waals surface area contributed by atoms with Crippen LogP contribution in [0.15, 0.2) is 22.7 Å². The third kappa shape index (κ3) is 3.35. The van der Waals surface area contributed by atoms with Crippen LogP contribution in [0, 0.1) is 11.8 Å². The first-order chi connectivity index (χ1) is 9.56. The third-order valence-electron chi connectivity index (χ3n) is 4.59. The summed E-state index contributed by atoms with van der Waals surface area (Å²) >= 11 is 3.57. The van der Waals surface area contributed by atoms with E-state index in [2.05, 4.69) is 46.8 Å². The van der Waals surface area contributed by atoms with Gasteiger partial charge in [-0.3, -0.25) is 4.90 Å². The molecule has 1 aromatic carbocycles. The summed E-state index contributed by atoms with van der Waals surface area (Å²) in [6.07, 6.45) is 1.26. The topological polar surface area (TPSA) is 38.5 Å². The first-order valence-electron chi connectivity index (χ1n) is 7.34. The molecule has 1 heterocycles. The van der Waals surface area contributed by atoms with Crippen molar-refractivity contribution in [1.29, 1.82) is 0 Å². The van der Waals surface area contributed by atoms with Crippen molar-refractivity contribution in [3.8, 4) is 5.75 Å². The van der Waals surface area contributed by atoms with Gasteiger partial charge >= 0.3 is 0 Å². The highest BCUT2D eigenvalue weighted by atomic mass is 79.9. The van der Waals surface area contributed by atoms with Crippen LogP contribution in [0.4, 0.5) is 0 Å². The number of nitrogens with zero attached hydrogens (tertiary/aromatic N) is 1. The summed E-state index contributed by atoms with van der Waals surface area (Å²) in [6, 6.07) is 6.58. The predicted molar refractivity (Wildman–Crippen MR) is 87.0 cm³/mol. The van der Waals surface area contributed by atoms with E-state index in [1.54, 1.807) is 7.11 Å². The van der Waals surface area contributed by atoms with Crippen molar-refractivity contribution in [2.24, 2.45) is 17.6 Å². The molecule has 3 atom stereocenters. The van der Waals surface area contributed by atoms with Gasteiger partial charge in [0.2, 0.25) is 0 Å². The molecule has 0 amide bonds. The van der Waals surface area contributed by atoms with Crippen LogP contribution in [0.2, 0.25) is 0 Å². The van der Waals surface area contributed by atoms with E-state index in [4.69, 9.17) is 10.5 Å². The van der Waals surface area contributed by atoms with Gasteiger partial charge in [0.1, 0.15) is 5.75 Å². The molecule has 0 saturated carbocycles. The lowest BCUT2D eigenvalue weighted by Gasteiger charge is -2.40. The van der Waals surface area contributed by atoms with E-state index in [1.807, 2.05) is 6.07 Å². The minimum Gasteiger partial charge on any atom is -0.496 e. The molecule has 1 saturated heterocycles. The van der Waals surface area contributed by atoms with E-state index in [9.17, 15) is 0 Å². The van der Waals surface area contributed by atoms with Crippen LogP contribution in [-0.2, 0) is 0 Å². The molecule has 3 nitrogen and oxygen atoms in total. The number of nitrogens with two attached hydrogens (primary N) is 1. The highest BCUT2D eigenvalue weighted by Gasteiger charge is 2.28. The summed E-state index contributed by atoms with van der Waals surface area (Å²) in [5.41, 5.74) is 7.31. The smallest absolute Gasteiger partial charge is 0.133 e. The summed E-state index contributed by atoms with van der Waals surface area (Å²) in [5.74, 6) is 2.41. The molecule has 0 radical (unpaired) electrons. The molecule has 112 valence electrons. The highest BCUT2D eigenvalue weighted by Crippen LogP contribution is 2.33. The minimum atomic E-state index is 0.298. The van der Waals surface area contributed by atoms with Crippen molar-refractivity contribution in [3.05, 3.63) is 28.2 Å². The van der Waals surface area contributed by atoms with Crippen molar-refractivity contribution >= 4 is 15.9 Å². The van der Waals surface area contributed by atoms with Gasteiger partial charge in [-0.25, -0.2) is 0 Å². The first kappa shape index (κ1) is 15.8. The van der Waals surface area contributed by atoms with Crippen molar-refractivity contribution in [2.75, 3.05) is 26.7 Å². The van der Waals surface area contributed by atoms with Gasteiger partial charge in [-0.05, 0) is 58.4 Å². The fraction of sp³-hybridized carbons (Fsp3) is 0.625. The Hall–Kier alpha value is -0.580. The number of piperidine rings is 1. The molecule has 1 fully saturated rings. The Balaban J connectivity index is 2.17. The molecule has 1 aliphatic heterocycles. The summed E-state index contributed by atoms with van der Waals surface area (Å²) in [5, 5.41) is 0. The van der Waals surface area contributed by atoms with Gasteiger partial charge in [0.25, 0.3) is 0 Å². The minimum absolute atomic E-state index is 0.298. The molecule has 2 rings (SSSR count). The van der Waals surface area contributed by atoms with Crippen LogP contribution in [0.25, 0.3) is 0 Å². The van der Waals surface area contributed by atoms with Gasteiger partial charge in [-0.2, -0.15) is 0 Å². The summed E-state index contributed by atoms with van der Waals surface area (Å²) < 4.78 is 6.29. The van der Waals surface area contributed by atoms with Crippen LogP contribution < -0.4 is 10.5 Å². The lowest BCUT2D eigenvalue weighted by Crippen LogP contribution is -2.43. The molecule has 20 heavy (non-hydrogen) atoms. The second-order valence-corrected chi connectivity index (χ2v) is 6.74. The van der Waals surface area contributed by atoms with Crippen LogP contribution in [0.5, 0.6) is 5.75 Å². The molecular formula is C16H25BrN2O. The van der Waals surface area contributed by atoms with Gasteiger partial charge < -0.3 is 10.5 Å².